The zero-order chi connectivity index (χ0) is 19.1. The van der Waals surface area contributed by atoms with E-state index in [-0.39, 0.29) is 29.3 Å². The van der Waals surface area contributed by atoms with E-state index in [1.54, 1.807) is 6.07 Å². The number of amides is 1. The molecule has 0 aliphatic carbocycles. The molecule has 0 atom stereocenters. The molecule has 2 rings (SSSR count). The molecule has 6 nitrogen and oxygen atoms in total. The number of carbonyl (C=O) groups excluding carboxylic acids is 2. The smallest absolute Gasteiger partial charge is 0.387 e. The molecule has 0 aliphatic heterocycles. The highest BCUT2D eigenvalue weighted by Crippen LogP contribution is 2.23. The van der Waals surface area contributed by atoms with Crippen molar-refractivity contribution in [2.45, 2.75) is 13.0 Å². The van der Waals surface area contributed by atoms with E-state index >= 15 is 0 Å². The van der Waals surface area contributed by atoms with Gasteiger partial charge in [0.25, 0.3) is 0 Å². The van der Waals surface area contributed by atoms with Crippen LogP contribution in [-0.2, 0) is 16.0 Å². The van der Waals surface area contributed by atoms with E-state index in [1.807, 2.05) is 0 Å². The van der Waals surface area contributed by atoms with Gasteiger partial charge in [-0.05, 0) is 35.9 Å². The Bertz CT molecular complexity index is 778. The minimum atomic E-state index is -2.91. The number of benzene rings is 2. The lowest BCUT2D eigenvalue weighted by Gasteiger charge is -2.11. The van der Waals surface area contributed by atoms with E-state index in [1.165, 1.54) is 50.6 Å². The molecule has 0 spiro atoms. The van der Waals surface area contributed by atoms with Gasteiger partial charge >= 0.3 is 12.6 Å². The molecule has 0 saturated carbocycles. The molecule has 0 bridgehead atoms. The largest absolute Gasteiger partial charge is 0.497 e. The van der Waals surface area contributed by atoms with Gasteiger partial charge in [0.2, 0.25) is 5.91 Å². The summed E-state index contributed by atoms with van der Waals surface area (Å²) in [6, 6.07) is 10.3. The van der Waals surface area contributed by atoms with E-state index < -0.39 is 12.6 Å². The molecule has 0 fully saturated rings. The summed E-state index contributed by atoms with van der Waals surface area (Å²) in [7, 11) is 2.69. The summed E-state index contributed by atoms with van der Waals surface area (Å²) in [6.07, 6.45) is -0.0123. The molecule has 138 valence electrons. The van der Waals surface area contributed by atoms with Crippen LogP contribution in [0.4, 0.5) is 14.5 Å². The molecule has 1 amide bonds. The Kier molecular flexibility index (Phi) is 6.48. The van der Waals surface area contributed by atoms with E-state index in [4.69, 9.17) is 9.47 Å². The molecule has 0 aromatic heterocycles. The number of nitrogens with one attached hydrogen (secondary N) is 1. The predicted molar refractivity (Wildman–Crippen MR) is 89.7 cm³/mol. The lowest BCUT2D eigenvalue weighted by atomic mass is 10.1. The van der Waals surface area contributed by atoms with Crippen LogP contribution < -0.4 is 14.8 Å². The number of alkyl halides is 2. The first kappa shape index (κ1) is 19.2. The van der Waals surface area contributed by atoms with Crippen LogP contribution in [-0.4, -0.2) is 32.7 Å². The number of ether oxygens (including phenoxy) is 3. The number of methoxy groups -OCH3 is 2. The second-order valence-electron chi connectivity index (χ2n) is 5.15. The highest BCUT2D eigenvalue weighted by Gasteiger charge is 2.15. The van der Waals surface area contributed by atoms with Crippen molar-refractivity contribution >= 4 is 17.6 Å². The van der Waals surface area contributed by atoms with Gasteiger partial charge in [0, 0.05) is 0 Å². The van der Waals surface area contributed by atoms with Crippen LogP contribution in [0.1, 0.15) is 15.9 Å². The first-order valence-electron chi connectivity index (χ1n) is 7.53. The molecule has 26 heavy (non-hydrogen) atoms. The van der Waals surface area contributed by atoms with Gasteiger partial charge in [0.15, 0.2) is 0 Å². The van der Waals surface area contributed by atoms with Gasteiger partial charge in [0.05, 0.1) is 31.9 Å². The van der Waals surface area contributed by atoms with E-state index in [0.29, 0.717) is 11.3 Å². The maximum absolute atomic E-state index is 12.2. The zero-order valence-corrected chi connectivity index (χ0v) is 14.1. The summed E-state index contributed by atoms with van der Waals surface area (Å²) < 4.78 is 38.3. The van der Waals surface area contributed by atoms with Crippen molar-refractivity contribution in [1.29, 1.82) is 0 Å². The monoisotopic (exact) mass is 365 g/mol. The maximum Gasteiger partial charge on any atom is 0.387 e. The van der Waals surface area contributed by atoms with Crippen molar-refractivity contribution in [3.8, 4) is 11.5 Å². The molecule has 8 heteroatoms. The van der Waals surface area contributed by atoms with E-state index in [2.05, 4.69) is 10.1 Å². The van der Waals surface area contributed by atoms with Gasteiger partial charge in [-0.2, -0.15) is 8.78 Å². The Labute approximate surface area is 148 Å². The Hall–Kier alpha value is -3.16. The van der Waals surface area contributed by atoms with Crippen molar-refractivity contribution < 1.29 is 32.6 Å². The third-order valence-electron chi connectivity index (χ3n) is 3.42. The third kappa shape index (κ3) is 5.17. The topological polar surface area (TPSA) is 73.9 Å². The Morgan fingerprint density at radius 1 is 1.04 bits per heavy atom. The minimum Gasteiger partial charge on any atom is -0.497 e. The first-order valence-corrected chi connectivity index (χ1v) is 7.53. The molecular weight excluding hydrogens is 348 g/mol. The predicted octanol–water partition coefficient (Wildman–Crippen LogP) is 3.26. The van der Waals surface area contributed by atoms with Gasteiger partial charge in [-0.3, -0.25) is 4.79 Å². The fourth-order valence-electron chi connectivity index (χ4n) is 2.21. The van der Waals surface area contributed by atoms with Crippen LogP contribution in [0.3, 0.4) is 0 Å². The molecule has 0 unspecified atom stereocenters. The highest BCUT2D eigenvalue weighted by atomic mass is 19.3. The van der Waals surface area contributed by atoms with Gasteiger partial charge in [-0.15, -0.1) is 0 Å². The van der Waals surface area contributed by atoms with Gasteiger partial charge in [-0.1, -0.05) is 12.1 Å². The number of rotatable bonds is 7. The number of esters is 1. The fraction of sp³-hybridized carbons (Fsp3) is 0.222. The SMILES string of the molecule is COC(=O)c1cc(OC)ccc1NC(=O)Cc1ccc(OC(F)F)cc1. The number of anilines is 1. The van der Waals surface area contributed by atoms with Crippen LogP contribution >= 0.6 is 0 Å². The molecule has 1 N–H and O–H groups in total. The molecule has 0 heterocycles. The quantitative estimate of drug-likeness (QED) is 0.763. The molecule has 0 aliphatic rings. The third-order valence-corrected chi connectivity index (χ3v) is 3.42. The average molecular weight is 365 g/mol. The summed E-state index contributed by atoms with van der Waals surface area (Å²) >= 11 is 0. The number of hydrogen-bond donors (Lipinski definition) is 1. The van der Waals surface area contributed by atoms with Crippen LogP contribution in [0.25, 0.3) is 0 Å². The Balaban J connectivity index is 2.08. The van der Waals surface area contributed by atoms with Gasteiger partial charge < -0.3 is 19.5 Å². The lowest BCUT2D eigenvalue weighted by Crippen LogP contribution is -2.17. The van der Waals surface area contributed by atoms with E-state index in [9.17, 15) is 18.4 Å². The minimum absolute atomic E-state index is 0.00675. The van der Waals surface area contributed by atoms with Crippen molar-refractivity contribution in [1.82, 2.24) is 0 Å². The highest BCUT2D eigenvalue weighted by molar-refractivity contribution is 6.02. The van der Waals surface area contributed by atoms with Crippen molar-refractivity contribution in [3.05, 3.63) is 53.6 Å². The number of hydrogen-bond acceptors (Lipinski definition) is 5. The maximum atomic E-state index is 12.2. The van der Waals surface area contributed by atoms with Crippen LogP contribution in [0.15, 0.2) is 42.5 Å². The molecular formula is C18H17F2NO5. The molecule has 0 saturated heterocycles. The van der Waals surface area contributed by atoms with Crippen LogP contribution in [0.2, 0.25) is 0 Å². The van der Waals surface area contributed by atoms with E-state index in [0.717, 1.165) is 0 Å². The van der Waals surface area contributed by atoms with Gasteiger partial charge in [0.1, 0.15) is 11.5 Å². The summed E-state index contributed by atoms with van der Waals surface area (Å²) in [5.41, 5.74) is 1.03. The first-order chi connectivity index (χ1) is 12.4. The number of carbonyl (C=O) groups is 2. The standard InChI is InChI=1S/C18H17F2NO5/c1-24-13-7-8-15(14(10-13)17(23)25-2)21-16(22)9-11-3-5-12(6-4-11)26-18(19)20/h3-8,10,18H,9H2,1-2H3,(H,21,22). The van der Waals surface area contributed by atoms with Crippen molar-refractivity contribution in [2.24, 2.45) is 0 Å². The van der Waals surface area contributed by atoms with Gasteiger partial charge in [-0.25, -0.2) is 4.79 Å². The normalized spacial score (nSPS) is 10.3. The summed E-state index contributed by atoms with van der Waals surface area (Å²) in [5, 5.41) is 2.63. The molecule has 0 radical (unpaired) electrons. The van der Waals surface area contributed by atoms with Crippen molar-refractivity contribution in [2.75, 3.05) is 19.5 Å². The molecule has 2 aromatic rings. The fourth-order valence-corrected chi connectivity index (χ4v) is 2.21. The summed E-state index contributed by atoms with van der Waals surface area (Å²) in [5.74, 6) is -0.555. The van der Waals surface area contributed by atoms with Crippen molar-refractivity contribution in [3.63, 3.8) is 0 Å². The second kappa shape index (κ2) is 8.80. The zero-order valence-electron chi connectivity index (χ0n) is 14.1. The second-order valence-corrected chi connectivity index (χ2v) is 5.15. The number of halogens is 2. The summed E-state index contributed by atoms with van der Waals surface area (Å²) in [4.78, 5) is 24.1. The Morgan fingerprint density at radius 3 is 2.27 bits per heavy atom. The lowest BCUT2D eigenvalue weighted by molar-refractivity contribution is -0.115. The summed E-state index contributed by atoms with van der Waals surface area (Å²) in [6.45, 7) is -2.91. The molecule has 2 aromatic carbocycles. The Morgan fingerprint density at radius 2 is 1.69 bits per heavy atom. The van der Waals surface area contributed by atoms with Crippen LogP contribution in [0.5, 0.6) is 11.5 Å². The van der Waals surface area contributed by atoms with Crippen LogP contribution in [0, 0.1) is 0 Å². The average Bonchev–Trinajstić information content (AvgIpc) is 2.62.